The van der Waals surface area contributed by atoms with E-state index in [1.807, 2.05) is 36.4 Å². The van der Waals surface area contributed by atoms with E-state index < -0.39 is 6.17 Å². The maximum atomic E-state index is 6.71. The van der Waals surface area contributed by atoms with Gasteiger partial charge in [0.1, 0.15) is 23.0 Å². The number of hydrogen-bond acceptors (Lipinski definition) is 5. The van der Waals surface area contributed by atoms with Gasteiger partial charge in [0, 0.05) is 39.4 Å². The SMILES string of the molecule is C1=CC2C(c3ccccc3N2c2cccc(-c3ccc(-c4ccccc4)cc3)c2)c2c1oc1cccc(C3=NC(c4ccccc4)N=C(c4ccccc4)N3)c21. The topological polar surface area (TPSA) is 53.1 Å². The first kappa shape index (κ1) is 32.2. The predicted octanol–water partition coefficient (Wildman–Crippen LogP) is 11.9. The highest BCUT2D eigenvalue weighted by atomic mass is 16.3. The second-order valence-electron chi connectivity index (χ2n) is 14.5. The van der Waals surface area contributed by atoms with E-state index in [1.165, 1.54) is 39.1 Å². The van der Waals surface area contributed by atoms with Gasteiger partial charge in [0.25, 0.3) is 0 Å². The Bertz CT molecular complexity index is 2840. The minimum atomic E-state index is -0.391. The minimum absolute atomic E-state index is 0.0405. The van der Waals surface area contributed by atoms with Gasteiger partial charge < -0.3 is 14.6 Å². The molecular formula is C51H36N4O. The van der Waals surface area contributed by atoms with E-state index in [-0.39, 0.29) is 12.0 Å². The summed E-state index contributed by atoms with van der Waals surface area (Å²) in [6.07, 6.45) is 4.10. The van der Waals surface area contributed by atoms with Crippen LogP contribution >= 0.6 is 0 Å². The van der Waals surface area contributed by atoms with Gasteiger partial charge in [-0.05, 0) is 63.7 Å². The molecule has 3 unspecified atom stereocenters. The van der Waals surface area contributed by atoms with Crippen molar-refractivity contribution in [3.05, 3.63) is 222 Å². The first-order chi connectivity index (χ1) is 27.8. The molecule has 3 atom stereocenters. The quantitative estimate of drug-likeness (QED) is 0.186. The number of hydrogen-bond donors (Lipinski definition) is 1. The molecular weight excluding hydrogens is 685 g/mol. The number of anilines is 2. The van der Waals surface area contributed by atoms with Crippen molar-refractivity contribution >= 4 is 40.1 Å². The summed E-state index contributed by atoms with van der Waals surface area (Å²) >= 11 is 0. The van der Waals surface area contributed by atoms with Gasteiger partial charge in [0.15, 0.2) is 6.17 Å². The number of para-hydroxylation sites is 1. The molecule has 5 heteroatoms. The Hall–Kier alpha value is -7.24. The molecule has 3 aliphatic rings. The summed E-state index contributed by atoms with van der Waals surface area (Å²) in [5.41, 5.74) is 13.5. The van der Waals surface area contributed by atoms with Crippen molar-refractivity contribution < 1.29 is 4.42 Å². The average molecular weight is 721 g/mol. The summed E-state index contributed by atoms with van der Waals surface area (Å²) in [4.78, 5) is 12.9. The van der Waals surface area contributed by atoms with Gasteiger partial charge in [0.2, 0.25) is 0 Å². The van der Waals surface area contributed by atoms with Crippen LogP contribution in [0.1, 0.15) is 45.7 Å². The Morgan fingerprint density at radius 1 is 0.536 bits per heavy atom. The third-order valence-corrected chi connectivity index (χ3v) is 11.3. The number of amidine groups is 2. The van der Waals surface area contributed by atoms with Gasteiger partial charge in [0.05, 0.1) is 6.04 Å². The maximum absolute atomic E-state index is 6.71. The van der Waals surface area contributed by atoms with Crippen LogP contribution in [0.2, 0.25) is 0 Å². The van der Waals surface area contributed by atoms with Crippen molar-refractivity contribution in [2.45, 2.75) is 18.1 Å². The number of furan rings is 1. The number of rotatable bonds is 6. The van der Waals surface area contributed by atoms with Crippen LogP contribution in [0.3, 0.4) is 0 Å². The molecule has 7 aromatic carbocycles. The second-order valence-corrected chi connectivity index (χ2v) is 14.5. The van der Waals surface area contributed by atoms with E-state index in [9.17, 15) is 0 Å². The van der Waals surface area contributed by atoms with Crippen LogP contribution in [0.25, 0.3) is 39.3 Å². The molecule has 2 aliphatic heterocycles. The fourth-order valence-electron chi connectivity index (χ4n) is 8.73. The van der Waals surface area contributed by atoms with Crippen LogP contribution in [0.4, 0.5) is 11.4 Å². The van der Waals surface area contributed by atoms with E-state index in [0.717, 1.165) is 50.8 Å². The van der Waals surface area contributed by atoms with Gasteiger partial charge in [-0.25, -0.2) is 9.98 Å². The van der Waals surface area contributed by atoms with E-state index in [1.54, 1.807) is 0 Å². The Morgan fingerprint density at radius 2 is 1.16 bits per heavy atom. The lowest BCUT2D eigenvalue weighted by Crippen LogP contribution is -2.36. The highest BCUT2D eigenvalue weighted by Gasteiger charge is 2.44. The molecule has 0 saturated heterocycles. The molecule has 0 radical (unpaired) electrons. The van der Waals surface area contributed by atoms with Gasteiger partial charge >= 0.3 is 0 Å². The van der Waals surface area contributed by atoms with Crippen molar-refractivity contribution in [1.29, 1.82) is 0 Å². The number of aliphatic imine (C=N–C) groups is 2. The Balaban J connectivity index is 1.01. The molecule has 1 aromatic heterocycles. The monoisotopic (exact) mass is 720 g/mol. The van der Waals surface area contributed by atoms with Crippen LogP contribution in [0.15, 0.2) is 202 Å². The molecule has 0 fully saturated rings. The fraction of sp³-hybridized carbons (Fsp3) is 0.0588. The first-order valence-corrected chi connectivity index (χ1v) is 19.2. The number of nitrogens with zero attached hydrogens (tertiary/aromatic N) is 3. The van der Waals surface area contributed by atoms with Crippen LogP contribution < -0.4 is 10.2 Å². The number of benzene rings is 7. The Kier molecular flexibility index (Phi) is 7.62. The van der Waals surface area contributed by atoms with Crippen LogP contribution in [0, 0.1) is 0 Å². The predicted molar refractivity (Wildman–Crippen MR) is 229 cm³/mol. The Labute approximate surface area is 325 Å². The normalized spacial score (nSPS) is 18.1. The molecule has 0 spiro atoms. The first-order valence-electron chi connectivity index (χ1n) is 19.2. The summed E-state index contributed by atoms with van der Waals surface area (Å²) in [7, 11) is 0. The van der Waals surface area contributed by atoms with Crippen LogP contribution in [0.5, 0.6) is 0 Å². The van der Waals surface area contributed by atoms with Gasteiger partial charge in [-0.2, -0.15) is 0 Å². The second kappa shape index (κ2) is 13.3. The zero-order valence-corrected chi connectivity index (χ0v) is 30.5. The molecule has 0 bridgehead atoms. The molecule has 8 aromatic rings. The highest BCUT2D eigenvalue weighted by molar-refractivity contribution is 6.20. The summed E-state index contributed by atoms with van der Waals surface area (Å²) < 4.78 is 6.71. The lowest BCUT2D eigenvalue weighted by molar-refractivity contribution is 0.584. The third kappa shape index (κ3) is 5.39. The van der Waals surface area contributed by atoms with Crippen molar-refractivity contribution in [1.82, 2.24) is 5.32 Å². The van der Waals surface area contributed by atoms with Crippen molar-refractivity contribution in [2.24, 2.45) is 9.98 Å². The van der Waals surface area contributed by atoms with Crippen molar-refractivity contribution in [3.8, 4) is 22.3 Å². The highest BCUT2D eigenvalue weighted by Crippen LogP contribution is 2.54. The van der Waals surface area contributed by atoms with Crippen molar-refractivity contribution in [2.75, 3.05) is 4.90 Å². The molecule has 0 saturated carbocycles. The molecule has 11 rings (SSSR count). The smallest absolute Gasteiger partial charge is 0.169 e. The lowest BCUT2D eigenvalue weighted by Gasteiger charge is -2.31. The molecule has 5 nitrogen and oxygen atoms in total. The maximum Gasteiger partial charge on any atom is 0.169 e. The summed E-state index contributed by atoms with van der Waals surface area (Å²) in [6, 6.07) is 64.2. The van der Waals surface area contributed by atoms with Crippen LogP contribution in [-0.2, 0) is 0 Å². The third-order valence-electron chi connectivity index (χ3n) is 11.3. The standard InChI is InChI=1S/C51H36N4O/c1-4-14-33(15-5-1)34-26-28-35(29-27-34)38-20-12-21-39(32-38)55-42-24-11-10-22-40(42)46-43(55)30-31-45-48(46)47-41(23-13-25-44(47)56-45)51-53-49(36-16-6-2-7-17-36)52-50(54-51)37-18-8-3-9-19-37/h1-32,43,46,49H,(H,52,53,54). The van der Waals surface area contributed by atoms with E-state index in [2.05, 4.69) is 168 Å². The summed E-state index contributed by atoms with van der Waals surface area (Å²) in [6.45, 7) is 0. The number of nitrogens with one attached hydrogen (secondary N) is 1. The summed E-state index contributed by atoms with van der Waals surface area (Å²) in [5.74, 6) is 2.51. The molecule has 1 aliphatic carbocycles. The lowest BCUT2D eigenvalue weighted by atomic mass is 9.81. The molecule has 0 amide bonds. The van der Waals surface area contributed by atoms with E-state index in [4.69, 9.17) is 14.4 Å². The van der Waals surface area contributed by atoms with Gasteiger partial charge in [-0.3, -0.25) is 0 Å². The molecule has 1 N–H and O–H groups in total. The Morgan fingerprint density at radius 3 is 1.95 bits per heavy atom. The summed E-state index contributed by atoms with van der Waals surface area (Å²) in [5, 5.41) is 4.73. The molecule has 266 valence electrons. The van der Waals surface area contributed by atoms with Gasteiger partial charge in [-0.15, -0.1) is 0 Å². The fourth-order valence-corrected chi connectivity index (χ4v) is 8.73. The number of fused-ring (bicyclic) bond motifs is 7. The zero-order valence-electron chi connectivity index (χ0n) is 30.5. The van der Waals surface area contributed by atoms with Crippen LogP contribution in [-0.4, -0.2) is 17.7 Å². The largest absolute Gasteiger partial charge is 0.456 e. The molecule has 56 heavy (non-hydrogen) atoms. The average Bonchev–Trinajstić information content (AvgIpc) is 3.83. The minimum Gasteiger partial charge on any atom is -0.456 e. The zero-order chi connectivity index (χ0) is 37.0. The molecule has 3 heterocycles. The van der Waals surface area contributed by atoms with E-state index in [0.29, 0.717) is 0 Å². The van der Waals surface area contributed by atoms with E-state index >= 15 is 0 Å². The van der Waals surface area contributed by atoms with Gasteiger partial charge in [-0.1, -0.05) is 164 Å². The van der Waals surface area contributed by atoms with Crippen molar-refractivity contribution in [3.63, 3.8) is 0 Å².